The van der Waals surface area contributed by atoms with Crippen molar-refractivity contribution in [1.29, 1.82) is 0 Å². The molecule has 0 fully saturated rings. The summed E-state index contributed by atoms with van der Waals surface area (Å²) in [4.78, 5) is 0. The standard InChI is InChI=1S/C8H18.C5H12.C3H8/c1-3-5-7-8-6-4-2;1-3-5-4-2;1-3-2/h3-8H2,1-2H3;3-5H2,1-2H3;3H2,1-2H3. The molecular formula is C16H38. The van der Waals surface area contributed by atoms with Crippen LogP contribution in [-0.2, 0) is 0 Å². The largest absolute Gasteiger partial charge is 0.0656 e. The summed E-state index contributed by atoms with van der Waals surface area (Å²) in [6, 6.07) is 0. The average molecular weight is 230 g/mol. The second kappa shape index (κ2) is 29.4. The maximum Gasteiger partial charge on any atom is -0.0533 e. The van der Waals surface area contributed by atoms with Crippen LogP contribution in [0.25, 0.3) is 0 Å². The van der Waals surface area contributed by atoms with E-state index in [1.165, 1.54) is 64.2 Å². The van der Waals surface area contributed by atoms with Crippen molar-refractivity contribution < 1.29 is 0 Å². The van der Waals surface area contributed by atoms with E-state index < -0.39 is 0 Å². The molecule has 0 aromatic heterocycles. The van der Waals surface area contributed by atoms with Crippen LogP contribution in [0.1, 0.15) is 106 Å². The SMILES string of the molecule is CCC.CCCCC.CCCCCCCC. The highest BCUT2D eigenvalue weighted by atomic mass is 13.9. The van der Waals surface area contributed by atoms with Crippen LogP contribution in [0.5, 0.6) is 0 Å². The van der Waals surface area contributed by atoms with Crippen molar-refractivity contribution in [2.45, 2.75) is 106 Å². The summed E-state index contributed by atoms with van der Waals surface area (Å²) < 4.78 is 0. The molecule has 0 unspecified atom stereocenters. The van der Waals surface area contributed by atoms with Gasteiger partial charge in [-0.3, -0.25) is 0 Å². The van der Waals surface area contributed by atoms with E-state index in [9.17, 15) is 0 Å². The van der Waals surface area contributed by atoms with Crippen molar-refractivity contribution in [1.82, 2.24) is 0 Å². The Labute approximate surface area is 106 Å². The Morgan fingerprint density at radius 3 is 0.750 bits per heavy atom. The van der Waals surface area contributed by atoms with Gasteiger partial charge in [0.05, 0.1) is 0 Å². The molecule has 0 rings (SSSR count). The first-order valence-electron chi connectivity index (χ1n) is 7.74. The summed E-state index contributed by atoms with van der Waals surface area (Å²) in [5, 5.41) is 0. The molecule has 0 saturated carbocycles. The normalized spacial score (nSPS) is 8.62. The molecule has 0 aromatic rings. The van der Waals surface area contributed by atoms with Crippen molar-refractivity contribution in [3.05, 3.63) is 0 Å². The minimum absolute atomic E-state index is 1.25. The first-order valence-corrected chi connectivity index (χ1v) is 7.74. The summed E-state index contributed by atoms with van der Waals surface area (Å²) >= 11 is 0. The number of rotatable bonds is 7. The maximum atomic E-state index is 2.26. The number of hydrogen-bond acceptors (Lipinski definition) is 0. The minimum atomic E-state index is 1.25. The third-order valence-corrected chi connectivity index (χ3v) is 2.16. The molecule has 0 heteroatoms. The van der Waals surface area contributed by atoms with Gasteiger partial charge in [0.25, 0.3) is 0 Å². The molecule has 102 valence electrons. The van der Waals surface area contributed by atoms with E-state index in [1.807, 2.05) is 0 Å². The van der Waals surface area contributed by atoms with E-state index in [4.69, 9.17) is 0 Å². The average Bonchev–Trinajstić information content (AvgIpc) is 2.28. The Balaban J connectivity index is -0.000000181. The lowest BCUT2D eigenvalue weighted by Gasteiger charge is -1.93. The van der Waals surface area contributed by atoms with Crippen LogP contribution in [0.4, 0.5) is 0 Å². The predicted molar refractivity (Wildman–Crippen MR) is 80.2 cm³/mol. The van der Waals surface area contributed by atoms with Crippen LogP contribution < -0.4 is 0 Å². The van der Waals surface area contributed by atoms with Crippen molar-refractivity contribution >= 4 is 0 Å². The molecule has 0 nitrogen and oxygen atoms in total. The Bertz CT molecular complexity index is 58.4. The fourth-order valence-corrected chi connectivity index (χ4v) is 1.21. The van der Waals surface area contributed by atoms with Crippen molar-refractivity contribution in [2.24, 2.45) is 0 Å². The van der Waals surface area contributed by atoms with Gasteiger partial charge >= 0.3 is 0 Å². The van der Waals surface area contributed by atoms with Gasteiger partial charge in [0.2, 0.25) is 0 Å². The zero-order valence-electron chi connectivity index (χ0n) is 13.1. The van der Waals surface area contributed by atoms with E-state index >= 15 is 0 Å². The third-order valence-electron chi connectivity index (χ3n) is 2.16. The van der Waals surface area contributed by atoms with Crippen LogP contribution in [0.3, 0.4) is 0 Å². The highest BCUT2D eigenvalue weighted by Gasteiger charge is 1.83. The molecule has 0 radical (unpaired) electrons. The highest BCUT2D eigenvalue weighted by Crippen LogP contribution is 2.03. The van der Waals surface area contributed by atoms with Crippen LogP contribution in [0, 0.1) is 0 Å². The zero-order valence-corrected chi connectivity index (χ0v) is 13.1. The summed E-state index contributed by atoms with van der Waals surface area (Å²) in [6.45, 7) is 13.2. The second-order valence-electron chi connectivity index (χ2n) is 4.47. The molecule has 0 bridgehead atoms. The Morgan fingerprint density at radius 1 is 0.375 bits per heavy atom. The van der Waals surface area contributed by atoms with Crippen molar-refractivity contribution in [3.8, 4) is 0 Å². The quantitative estimate of drug-likeness (QED) is 0.414. The van der Waals surface area contributed by atoms with E-state index in [-0.39, 0.29) is 0 Å². The molecule has 0 aliphatic carbocycles. The zero-order chi connectivity index (χ0) is 13.1. The number of unbranched alkanes of at least 4 members (excludes halogenated alkanes) is 7. The molecule has 0 N–H and O–H groups in total. The van der Waals surface area contributed by atoms with Crippen molar-refractivity contribution in [2.75, 3.05) is 0 Å². The van der Waals surface area contributed by atoms with Crippen molar-refractivity contribution in [3.63, 3.8) is 0 Å². The van der Waals surface area contributed by atoms with Gasteiger partial charge in [-0.05, 0) is 0 Å². The van der Waals surface area contributed by atoms with E-state index in [0.717, 1.165) is 0 Å². The fourth-order valence-electron chi connectivity index (χ4n) is 1.21. The third kappa shape index (κ3) is 48.3. The molecular weight excluding hydrogens is 192 g/mol. The van der Waals surface area contributed by atoms with E-state index in [1.54, 1.807) is 0 Å². The Hall–Kier alpha value is 0. The van der Waals surface area contributed by atoms with Gasteiger partial charge in [-0.15, -0.1) is 0 Å². The Morgan fingerprint density at radius 2 is 0.625 bits per heavy atom. The minimum Gasteiger partial charge on any atom is -0.0656 e. The van der Waals surface area contributed by atoms with Gasteiger partial charge in [-0.1, -0.05) is 106 Å². The van der Waals surface area contributed by atoms with Gasteiger partial charge in [0, 0.05) is 0 Å². The van der Waals surface area contributed by atoms with Crippen LogP contribution in [-0.4, -0.2) is 0 Å². The lowest BCUT2D eigenvalue weighted by Crippen LogP contribution is -1.73. The van der Waals surface area contributed by atoms with Gasteiger partial charge in [0.1, 0.15) is 0 Å². The van der Waals surface area contributed by atoms with Gasteiger partial charge in [-0.25, -0.2) is 0 Å². The lowest BCUT2D eigenvalue weighted by atomic mass is 10.1. The summed E-state index contributed by atoms with van der Waals surface area (Å²) in [6.07, 6.45) is 13.8. The number of hydrogen-bond donors (Lipinski definition) is 0. The molecule has 0 aliphatic rings. The summed E-state index contributed by atoms with van der Waals surface area (Å²) in [5.74, 6) is 0. The van der Waals surface area contributed by atoms with Crippen LogP contribution in [0.15, 0.2) is 0 Å². The molecule has 0 amide bonds. The smallest absolute Gasteiger partial charge is 0.0533 e. The monoisotopic (exact) mass is 230 g/mol. The maximum absolute atomic E-state index is 2.26. The lowest BCUT2D eigenvalue weighted by molar-refractivity contribution is 0.624. The van der Waals surface area contributed by atoms with Crippen LogP contribution in [0.2, 0.25) is 0 Å². The van der Waals surface area contributed by atoms with Gasteiger partial charge < -0.3 is 0 Å². The van der Waals surface area contributed by atoms with E-state index in [2.05, 4.69) is 41.5 Å². The van der Waals surface area contributed by atoms with Gasteiger partial charge in [-0.2, -0.15) is 0 Å². The molecule has 0 spiro atoms. The first kappa shape index (κ1) is 21.3. The molecule has 0 saturated heterocycles. The predicted octanol–water partition coefficient (Wildman–Crippen LogP) is 6.98. The topological polar surface area (TPSA) is 0 Å². The first-order chi connectivity index (χ1) is 7.74. The molecule has 0 aliphatic heterocycles. The highest BCUT2D eigenvalue weighted by molar-refractivity contribution is 4.39. The summed E-state index contributed by atoms with van der Waals surface area (Å²) in [5.41, 5.74) is 0. The Kier molecular flexibility index (Phi) is 39.1. The van der Waals surface area contributed by atoms with Gasteiger partial charge in [0.15, 0.2) is 0 Å². The molecule has 0 heterocycles. The van der Waals surface area contributed by atoms with Crippen LogP contribution >= 0.6 is 0 Å². The molecule has 0 atom stereocenters. The summed E-state index contributed by atoms with van der Waals surface area (Å²) in [7, 11) is 0. The van der Waals surface area contributed by atoms with E-state index in [0.29, 0.717) is 0 Å². The molecule has 16 heavy (non-hydrogen) atoms. The molecule has 0 aromatic carbocycles. The fraction of sp³-hybridized carbons (Fsp3) is 1.00. The second-order valence-corrected chi connectivity index (χ2v) is 4.47.